The smallest absolute Gasteiger partial charge is 0.140 e. The van der Waals surface area contributed by atoms with Crippen LogP contribution in [0.2, 0.25) is 0 Å². The summed E-state index contributed by atoms with van der Waals surface area (Å²) in [6.45, 7) is 3.97. The Morgan fingerprint density at radius 2 is 1.94 bits per heavy atom. The molecule has 18 heavy (non-hydrogen) atoms. The number of hydrogen-bond donors (Lipinski definition) is 2. The zero-order valence-electron chi connectivity index (χ0n) is 11.1. The molecule has 3 N–H and O–H groups in total. The quantitative estimate of drug-likeness (QED) is 0.493. The average molecular weight is 254 g/mol. The number of methoxy groups -OCH3 is 2. The molecule has 0 unspecified atom stereocenters. The topological polar surface area (TPSA) is 72.6 Å². The van der Waals surface area contributed by atoms with Crippen LogP contribution in [0.5, 0.6) is 0 Å². The van der Waals surface area contributed by atoms with Crippen molar-refractivity contribution in [2.75, 3.05) is 45.9 Å². The minimum Gasteiger partial charge on any atom is -0.383 e. The Balaban J connectivity index is 2.56. The Morgan fingerprint density at radius 1 is 1.28 bits per heavy atom. The van der Waals surface area contributed by atoms with Gasteiger partial charge in [-0.25, -0.2) is 10.8 Å². The van der Waals surface area contributed by atoms with Crippen LogP contribution in [0.1, 0.15) is 5.56 Å². The highest BCUT2D eigenvalue weighted by Gasteiger charge is 2.06. The standard InChI is InChI=1S/C12H22N4O2/c1-17-7-5-16(6-8-18-2)10-11-3-4-14-12(9-11)15-13/h3-4,9H,5-8,10,13H2,1-2H3,(H,14,15). The van der Waals surface area contributed by atoms with Gasteiger partial charge in [0, 0.05) is 40.1 Å². The van der Waals surface area contributed by atoms with E-state index in [-0.39, 0.29) is 0 Å². The molecule has 0 saturated carbocycles. The van der Waals surface area contributed by atoms with E-state index in [1.165, 1.54) is 0 Å². The lowest BCUT2D eigenvalue weighted by Crippen LogP contribution is -2.30. The number of rotatable bonds is 9. The van der Waals surface area contributed by atoms with Gasteiger partial charge in [0.15, 0.2) is 0 Å². The highest BCUT2D eigenvalue weighted by molar-refractivity contribution is 5.35. The number of anilines is 1. The molecule has 6 nitrogen and oxygen atoms in total. The molecule has 1 aromatic heterocycles. The van der Waals surface area contributed by atoms with E-state index in [2.05, 4.69) is 15.3 Å². The van der Waals surface area contributed by atoms with Crippen LogP contribution in [-0.2, 0) is 16.0 Å². The van der Waals surface area contributed by atoms with Crippen LogP contribution in [0.25, 0.3) is 0 Å². The molecule has 0 aromatic carbocycles. The number of pyridine rings is 1. The molecule has 0 aliphatic carbocycles. The molecule has 0 radical (unpaired) electrons. The van der Waals surface area contributed by atoms with E-state index in [1.807, 2.05) is 12.1 Å². The summed E-state index contributed by atoms with van der Waals surface area (Å²) >= 11 is 0. The summed E-state index contributed by atoms with van der Waals surface area (Å²) in [7, 11) is 3.41. The number of nitrogen functional groups attached to an aromatic ring is 1. The molecule has 6 heteroatoms. The third kappa shape index (κ3) is 5.42. The van der Waals surface area contributed by atoms with Crippen LogP contribution in [0.4, 0.5) is 5.82 Å². The predicted molar refractivity (Wildman–Crippen MR) is 71.1 cm³/mol. The second-order valence-electron chi connectivity index (χ2n) is 3.96. The number of hydrogen-bond acceptors (Lipinski definition) is 6. The maximum Gasteiger partial charge on any atom is 0.140 e. The fourth-order valence-corrected chi connectivity index (χ4v) is 1.62. The molecular formula is C12H22N4O2. The van der Waals surface area contributed by atoms with Crippen LogP contribution in [0.15, 0.2) is 18.3 Å². The van der Waals surface area contributed by atoms with Gasteiger partial charge < -0.3 is 14.9 Å². The number of hydrazine groups is 1. The number of ether oxygens (including phenoxy) is 2. The van der Waals surface area contributed by atoms with Crippen LogP contribution >= 0.6 is 0 Å². The van der Waals surface area contributed by atoms with Crippen molar-refractivity contribution in [3.05, 3.63) is 23.9 Å². The molecule has 0 fully saturated rings. The van der Waals surface area contributed by atoms with Gasteiger partial charge in [0.1, 0.15) is 5.82 Å². The normalized spacial score (nSPS) is 10.9. The highest BCUT2D eigenvalue weighted by atomic mass is 16.5. The van der Waals surface area contributed by atoms with Crippen LogP contribution in [-0.4, -0.2) is 50.4 Å². The van der Waals surface area contributed by atoms with Gasteiger partial charge in [0.05, 0.1) is 13.2 Å². The minimum absolute atomic E-state index is 0.672. The first-order chi connectivity index (χ1) is 8.80. The minimum atomic E-state index is 0.672. The van der Waals surface area contributed by atoms with Crippen molar-refractivity contribution in [1.82, 2.24) is 9.88 Å². The lowest BCUT2D eigenvalue weighted by Gasteiger charge is -2.21. The van der Waals surface area contributed by atoms with E-state index in [0.29, 0.717) is 19.0 Å². The van der Waals surface area contributed by atoms with E-state index in [4.69, 9.17) is 15.3 Å². The van der Waals surface area contributed by atoms with Crippen molar-refractivity contribution < 1.29 is 9.47 Å². The van der Waals surface area contributed by atoms with E-state index in [0.717, 1.165) is 25.2 Å². The molecule has 0 aliphatic heterocycles. The summed E-state index contributed by atoms with van der Waals surface area (Å²) in [5.74, 6) is 6.02. The van der Waals surface area contributed by atoms with Gasteiger partial charge in [0.2, 0.25) is 0 Å². The van der Waals surface area contributed by atoms with E-state index >= 15 is 0 Å². The number of nitrogens with one attached hydrogen (secondary N) is 1. The third-order valence-electron chi connectivity index (χ3n) is 2.60. The van der Waals surface area contributed by atoms with Crippen molar-refractivity contribution in [3.63, 3.8) is 0 Å². The molecular weight excluding hydrogens is 232 g/mol. The Hall–Kier alpha value is -1.21. The highest BCUT2D eigenvalue weighted by Crippen LogP contribution is 2.08. The van der Waals surface area contributed by atoms with Gasteiger partial charge in [-0.05, 0) is 17.7 Å². The molecule has 1 heterocycles. The Bertz CT molecular complexity index is 328. The fraction of sp³-hybridized carbons (Fsp3) is 0.583. The molecule has 1 aromatic rings. The Labute approximate surface area is 108 Å². The van der Waals surface area contributed by atoms with Crippen LogP contribution in [0.3, 0.4) is 0 Å². The lowest BCUT2D eigenvalue weighted by atomic mass is 10.2. The van der Waals surface area contributed by atoms with Gasteiger partial charge in [-0.3, -0.25) is 4.90 Å². The van der Waals surface area contributed by atoms with Crippen LogP contribution in [0, 0.1) is 0 Å². The lowest BCUT2D eigenvalue weighted by molar-refractivity contribution is 0.110. The average Bonchev–Trinajstić information content (AvgIpc) is 2.42. The summed E-state index contributed by atoms with van der Waals surface area (Å²) in [6, 6.07) is 3.92. The van der Waals surface area contributed by atoms with Gasteiger partial charge in [0.25, 0.3) is 0 Å². The van der Waals surface area contributed by atoms with E-state index in [1.54, 1.807) is 20.4 Å². The van der Waals surface area contributed by atoms with Crippen molar-refractivity contribution in [2.45, 2.75) is 6.54 Å². The number of aromatic nitrogens is 1. The zero-order chi connectivity index (χ0) is 13.2. The molecule has 0 spiro atoms. The van der Waals surface area contributed by atoms with Gasteiger partial charge >= 0.3 is 0 Å². The van der Waals surface area contributed by atoms with Crippen LogP contribution < -0.4 is 11.3 Å². The maximum atomic E-state index is 5.34. The predicted octanol–water partition coefficient (Wildman–Crippen LogP) is 0.462. The molecule has 0 atom stereocenters. The zero-order valence-corrected chi connectivity index (χ0v) is 11.1. The van der Waals surface area contributed by atoms with Gasteiger partial charge in [-0.1, -0.05) is 0 Å². The molecule has 0 aliphatic rings. The Morgan fingerprint density at radius 3 is 2.50 bits per heavy atom. The first-order valence-electron chi connectivity index (χ1n) is 5.92. The number of nitrogens with zero attached hydrogens (tertiary/aromatic N) is 2. The Kier molecular flexibility index (Phi) is 7.28. The monoisotopic (exact) mass is 254 g/mol. The van der Waals surface area contributed by atoms with Crippen molar-refractivity contribution in [2.24, 2.45) is 5.84 Å². The second kappa shape index (κ2) is 8.82. The molecule has 102 valence electrons. The molecule has 0 bridgehead atoms. The summed E-state index contributed by atoms with van der Waals surface area (Å²) in [5.41, 5.74) is 3.71. The summed E-state index contributed by atoms with van der Waals surface area (Å²) in [4.78, 5) is 6.35. The molecule has 1 rings (SSSR count). The van der Waals surface area contributed by atoms with Crippen molar-refractivity contribution in [1.29, 1.82) is 0 Å². The first-order valence-corrected chi connectivity index (χ1v) is 5.92. The summed E-state index contributed by atoms with van der Waals surface area (Å²) in [5, 5.41) is 0. The summed E-state index contributed by atoms with van der Waals surface area (Å²) < 4.78 is 10.2. The van der Waals surface area contributed by atoms with Crippen molar-refractivity contribution >= 4 is 5.82 Å². The number of nitrogens with two attached hydrogens (primary N) is 1. The van der Waals surface area contributed by atoms with Gasteiger partial charge in [-0.15, -0.1) is 0 Å². The summed E-state index contributed by atoms with van der Waals surface area (Å²) in [6.07, 6.45) is 1.75. The first kappa shape index (κ1) is 14.8. The SMILES string of the molecule is COCCN(CCOC)Cc1ccnc(NN)c1. The molecule has 0 saturated heterocycles. The van der Waals surface area contributed by atoms with E-state index < -0.39 is 0 Å². The second-order valence-corrected chi connectivity index (χ2v) is 3.96. The fourth-order valence-electron chi connectivity index (χ4n) is 1.62. The van der Waals surface area contributed by atoms with Crippen molar-refractivity contribution in [3.8, 4) is 0 Å². The van der Waals surface area contributed by atoms with E-state index in [9.17, 15) is 0 Å². The van der Waals surface area contributed by atoms with Gasteiger partial charge in [-0.2, -0.15) is 0 Å². The maximum absolute atomic E-state index is 5.34. The molecule has 0 amide bonds. The largest absolute Gasteiger partial charge is 0.383 e. The third-order valence-corrected chi connectivity index (χ3v) is 2.60.